The normalized spacial score (nSPS) is 20.1. The van der Waals surface area contributed by atoms with Crippen molar-refractivity contribution < 1.29 is 9.47 Å². The second-order valence-electron chi connectivity index (χ2n) is 3.65. The summed E-state index contributed by atoms with van der Waals surface area (Å²) in [6, 6.07) is 2.33. The van der Waals surface area contributed by atoms with Crippen molar-refractivity contribution in [2.45, 2.75) is 18.4 Å². The summed E-state index contributed by atoms with van der Waals surface area (Å²) >= 11 is 0. The molecule has 0 saturated heterocycles. The van der Waals surface area contributed by atoms with Crippen molar-refractivity contribution in [2.75, 3.05) is 34.0 Å². The highest BCUT2D eigenvalue weighted by Gasteiger charge is 2.44. The number of ether oxygens (including phenoxy) is 2. The molecule has 1 aliphatic carbocycles. The van der Waals surface area contributed by atoms with Crippen molar-refractivity contribution in [2.24, 2.45) is 5.92 Å². The molecule has 0 aromatic carbocycles. The molecule has 80 valence electrons. The molecule has 1 unspecified atom stereocenters. The van der Waals surface area contributed by atoms with E-state index in [9.17, 15) is 0 Å². The van der Waals surface area contributed by atoms with Crippen molar-refractivity contribution in [1.29, 1.82) is 5.26 Å². The Kier molecular flexibility index (Phi) is 4.33. The van der Waals surface area contributed by atoms with Crippen molar-refractivity contribution in [1.82, 2.24) is 5.32 Å². The van der Waals surface area contributed by atoms with Gasteiger partial charge in [0.15, 0.2) is 0 Å². The van der Waals surface area contributed by atoms with E-state index >= 15 is 0 Å². The molecule has 1 rings (SSSR count). The summed E-state index contributed by atoms with van der Waals surface area (Å²) in [7, 11) is 3.46. The van der Waals surface area contributed by atoms with Crippen LogP contribution in [-0.2, 0) is 9.47 Å². The number of hydrogen-bond acceptors (Lipinski definition) is 4. The Morgan fingerprint density at radius 3 is 2.64 bits per heavy atom. The lowest BCUT2D eigenvalue weighted by Gasteiger charge is -2.25. The fourth-order valence-corrected chi connectivity index (χ4v) is 1.53. The molecule has 0 bridgehead atoms. The van der Waals surface area contributed by atoms with Crippen molar-refractivity contribution >= 4 is 0 Å². The van der Waals surface area contributed by atoms with Gasteiger partial charge < -0.3 is 14.8 Å². The summed E-state index contributed by atoms with van der Waals surface area (Å²) in [5.74, 6) is 0.458. The molecule has 0 aromatic rings. The van der Waals surface area contributed by atoms with E-state index in [2.05, 4.69) is 11.4 Å². The van der Waals surface area contributed by atoms with E-state index in [1.807, 2.05) is 7.05 Å². The van der Waals surface area contributed by atoms with E-state index in [1.165, 1.54) is 0 Å². The highest BCUT2D eigenvalue weighted by Crippen LogP contribution is 2.39. The highest BCUT2D eigenvalue weighted by molar-refractivity contribution is 5.14. The Bertz CT molecular complexity index is 211. The summed E-state index contributed by atoms with van der Waals surface area (Å²) < 4.78 is 10.3. The second kappa shape index (κ2) is 5.30. The maximum absolute atomic E-state index is 9.12. The molecule has 0 radical (unpaired) electrons. The van der Waals surface area contributed by atoms with Gasteiger partial charge in [-0.2, -0.15) is 5.26 Å². The first-order valence-electron chi connectivity index (χ1n) is 4.96. The lowest BCUT2D eigenvalue weighted by atomic mass is 9.97. The average molecular weight is 198 g/mol. The maximum atomic E-state index is 9.12. The van der Waals surface area contributed by atoms with E-state index in [4.69, 9.17) is 14.7 Å². The highest BCUT2D eigenvalue weighted by atomic mass is 16.5. The molecule has 1 aliphatic rings. The van der Waals surface area contributed by atoms with Crippen molar-refractivity contribution in [3.63, 3.8) is 0 Å². The first-order chi connectivity index (χ1) is 6.79. The average Bonchev–Trinajstić information content (AvgIpc) is 3.03. The molecule has 4 heteroatoms. The molecular formula is C10H18N2O2. The topological polar surface area (TPSA) is 54.3 Å². The van der Waals surface area contributed by atoms with E-state index in [0.29, 0.717) is 25.7 Å². The number of nitrogens with zero attached hydrogens (tertiary/aromatic N) is 1. The monoisotopic (exact) mass is 198 g/mol. The third-order valence-electron chi connectivity index (χ3n) is 2.68. The standard InChI is InChI=1S/C10H18N2O2/c1-12-10(7-11,9-3-4-9)8-14-6-5-13-2/h9,12H,3-6,8H2,1-2H3. The van der Waals surface area contributed by atoms with Crippen LogP contribution in [0, 0.1) is 17.2 Å². The van der Waals surface area contributed by atoms with Crippen LogP contribution in [0.1, 0.15) is 12.8 Å². The number of nitrogens with one attached hydrogen (secondary N) is 1. The predicted molar refractivity (Wildman–Crippen MR) is 52.8 cm³/mol. The van der Waals surface area contributed by atoms with E-state index < -0.39 is 5.54 Å². The van der Waals surface area contributed by atoms with E-state index in [1.54, 1.807) is 7.11 Å². The van der Waals surface area contributed by atoms with Crippen LogP contribution in [0.3, 0.4) is 0 Å². The Hall–Kier alpha value is -0.630. The van der Waals surface area contributed by atoms with Gasteiger partial charge in [-0.25, -0.2) is 0 Å². The largest absolute Gasteiger partial charge is 0.382 e. The van der Waals surface area contributed by atoms with Crippen LogP contribution in [0.4, 0.5) is 0 Å². The van der Waals surface area contributed by atoms with Crippen LogP contribution in [0.15, 0.2) is 0 Å². The Morgan fingerprint density at radius 2 is 2.21 bits per heavy atom. The van der Waals surface area contributed by atoms with Gasteiger partial charge in [0.1, 0.15) is 5.54 Å². The van der Waals surface area contributed by atoms with Crippen LogP contribution < -0.4 is 5.32 Å². The molecule has 4 nitrogen and oxygen atoms in total. The zero-order chi connectivity index (χ0) is 10.4. The minimum atomic E-state index is -0.478. The van der Waals surface area contributed by atoms with Gasteiger partial charge in [-0.3, -0.25) is 0 Å². The van der Waals surface area contributed by atoms with Crippen LogP contribution in [-0.4, -0.2) is 39.5 Å². The molecule has 1 fully saturated rings. The van der Waals surface area contributed by atoms with Gasteiger partial charge >= 0.3 is 0 Å². The lowest BCUT2D eigenvalue weighted by molar-refractivity contribution is 0.0428. The minimum absolute atomic E-state index is 0.452. The van der Waals surface area contributed by atoms with Gasteiger partial charge in [0.2, 0.25) is 0 Å². The van der Waals surface area contributed by atoms with Gasteiger partial charge in [-0.15, -0.1) is 0 Å². The van der Waals surface area contributed by atoms with Gasteiger partial charge in [0.05, 0.1) is 25.9 Å². The smallest absolute Gasteiger partial charge is 0.132 e. The molecule has 1 N–H and O–H groups in total. The van der Waals surface area contributed by atoms with Gasteiger partial charge in [-0.05, 0) is 25.8 Å². The summed E-state index contributed by atoms with van der Waals surface area (Å²) in [4.78, 5) is 0. The molecule has 0 amide bonds. The molecule has 1 saturated carbocycles. The maximum Gasteiger partial charge on any atom is 0.132 e. The summed E-state index contributed by atoms with van der Waals surface area (Å²) in [6.07, 6.45) is 2.25. The molecule has 14 heavy (non-hydrogen) atoms. The number of hydrogen-bond donors (Lipinski definition) is 1. The summed E-state index contributed by atoms with van der Waals surface area (Å²) in [5.41, 5.74) is -0.478. The number of methoxy groups -OCH3 is 1. The molecule has 1 atom stereocenters. The number of nitriles is 1. The molecule has 0 spiro atoms. The minimum Gasteiger partial charge on any atom is -0.382 e. The fraction of sp³-hybridized carbons (Fsp3) is 0.900. The number of rotatable bonds is 7. The van der Waals surface area contributed by atoms with Crippen molar-refractivity contribution in [3.05, 3.63) is 0 Å². The molecule has 0 aliphatic heterocycles. The summed E-state index contributed by atoms with van der Waals surface area (Å²) in [6.45, 7) is 1.58. The van der Waals surface area contributed by atoms with E-state index in [-0.39, 0.29) is 0 Å². The van der Waals surface area contributed by atoms with Gasteiger partial charge in [-0.1, -0.05) is 0 Å². The fourth-order valence-electron chi connectivity index (χ4n) is 1.53. The molecular weight excluding hydrogens is 180 g/mol. The van der Waals surface area contributed by atoms with E-state index in [0.717, 1.165) is 12.8 Å². The molecule has 0 heterocycles. The number of likely N-dealkylation sites (N-methyl/N-ethyl adjacent to an activating group) is 1. The zero-order valence-electron chi connectivity index (χ0n) is 8.88. The SMILES string of the molecule is CNC(C#N)(COCCOC)C1CC1. The Balaban J connectivity index is 2.32. The first kappa shape index (κ1) is 11.4. The van der Waals surface area contributed by atoms with Crippen LogP contribution >= 0.6 is 0 Å². The second-order valence-corrected chi connectivity index (χ2v) is 3.65. The first-order valence-corrected chi connectivity index (χ1v) is 4.96. The van der Waals surface area contributed by atoms with Crippen LogP contribution in [0.25, 0.3) is 0 Å². The van der Waals surface area contributed by atoms with Gasteiger partial charge in [0.25, 0.3) is 0 Å². The third kappa shape index (κ3) is 2.68. The molecule has 0 aromatic heterocycles. The van der Waals surface area contributed by atoms with Gasteiger partial charge in [0, 0.05) is 7.11 Å². The third-order valence-corrected chi connectivity index (χ3v) is 2.68. The quantitative estimate of drug-likeness (QED) is 0.607. The van der Waals surface area contributed by atoms with Crippen LogP contribution in [0.2, 0.25) is 0 Å². The van der Waals surface area contributed by atoms with Crippen molar-refractivity contribution in [3.8, 4) is 6.07 Å². The Morgan fingerprint density at radius 1 is 1.50 bits per heavy atom. The predicted octanol–water partition coefficient (Wildman–Crippen LogP) is 0.541. The Labute approximate surface area is 85.2 Å². The zero-order valence-corrected chi connectivity index (χ0v) is 8.88. The lowest BCUT2D eigenvalue weighted by Crippen LogP contribution is -2.48. The summed E-state index contributed by atoms with van der Waals surface area (Å²) in [5, 5.41) is 12.2. The van der Waals surface area contributed by atoms with Crippen LogP contribution in [0.5, 0.6) is 0 Å².